The Kier molecular flexibility index (Phi) is 9.34. The summed E-state index contributed by atoms with van der Waals surface area (Å²) < 4.78 is 23.0. The second-order valence-corrected chi connectivity index (χ2v) is 8.39. The Morgan fingerprint density at radius 3 is 1.43 bits per heavy atom. The van der Waals surface area contributed by atoms with Crippen LogP contribution >= 0.6 is 7.82 Å². The van der Waals surface area contributed by atoms with Gasteiger partial charge in [0, 0.05) is 0 Å². The van der Waals surface area contributed by atoms with Crippen molar-refractivity contribution in [2.45, 2.75) is 104 Å². The van der Waals surface area contributed by atoms with Gasteiger partial charge in [-0.3, -0.25) is 9.05 Å². The molecule has 128 valence electrons. The summed E-state index contributed by atoms with van der Waals surface area (Å²) in [6.45, 7) is 11.6. The van der Waals surface area contributed by atoms with Crippen LogP contribution in [0.5, 0.6) is 0 Å². The number of hydrogen-bond donors (Lipinski definition) is 1. The third-order valence-electron chi connectivity index (χ3n) is 3.49. The van der Waals surface area contributed by atoms with Gasteiger partial charge in [-0.1, -0.05) is 52.4 Å². The van der Waals surface area contributed by atoms with Crippen molar-refractivity contribution in [2.24, 2.45) is 0 Å². The zero-order chi connectivity index (χ0) is 16.6. The predicted octanol–water partition coefficient (Wildman–Crippen LogP) is 5.84. The maximum atomic E-state index is 12.2. The highest BCUT2D eigenvalue weighted by Crippen LogP contribution is 2.52. The Labute approximate surface area is 131 Å². The van der Waals surface area contributed by atoms with E-state index in [-0.39, 0.29) is 0 Å². The lowest BCUT2D eigenvalue weighted by Gasteiger charge is -2.32. The molecule has 4 nitrogen and oxygen atoms in total. The summed E-state index contributed by atoms with van der Waals surface area (Å²) in [5.41, 5.74) is -1.28. The van der Waals surface area contributed by atoms with E-state index < -0.39 is 19.0 Å². The van der Waals surface area contributed by atoms with Crippen LogP contribution in [-0.4, -0.2) is 16.1 Å². The lowest BCUT2D eigenvalue weighted by molar-refractivity contribution is -0.00434. The molecule has 0 aromatic heterocycles. The van der Waals surface area contributed by atoms with Gasteiger partial charge in [0.25, 0.3) is 0 Å². The van der Waals surface area contributed by atoms with Gasteiger partial charge in [0.1, 0.15) is 0 Å². The zero-order valence-electron chi connectivity index (χ0n) is 14.8. The van der Waals surface area contributed by atoms with Crippen LogP contribution in [0.1, 0.15) is 92.9 Å². The molecular formula is C16H35O4P. The summed E-state index contributed by atoms with van der Waals surface area (Å²) in [5.74, 6) is 0. The molecule has 0 amide bonds. The van der Waals surface area contributed by atoms with E-state index in [4.69, 9.17) is 9.05 Å². The molecule has 0 aromatic carbocycles. The SMILES string of the molecule is CCCCCC(C)(C)OP(=O)(O)OC(C)(C)CCCCC. The molecule has 0 radical (unpaired) electrons. The van der Waals surface area contributed by atoms with Crippen LogP contribution in [-0.2, 0) is 13.6 Å². The standard InChI is InChI=1S/C16H35O4P/c1-7-9-11-13-15(3,4)19-21(17,18)20-16(5,6)14-12-10-8-2/h7-14H2,1-6H3,(H,17,18). The van der Waals surface area contributed by atoms with Crippen LogP contribution in [0.15, 0.2) is 0 Å². The molecule has 0 fully saturated rings. The normalized spacial score (nSPS) is 13.7. The average molecular weight is 322 g/mol. The first-order valence-electron chi connectivity index (χ1n) is 8.28. The van der Waals surface area contributed by atoms with Crippen LogP contribution in [0.3, 0.4) is 0 Å². The number of unbranched alkanes of at least 4 members (excludes halogenated alkanes) is 4. The molecule has 0 unspecified atom stereocenters. The fourth-order valence-electron chi connectivity index (χ4n) is 2.34. The Hall–Kier alpha value is 0.110. The topological polar surface area (TPSA) is 55.8 Å². The third kappa shape index (κ3) is 11.3. The van der Waals surface area contributed by atoms with Crippen molar-refractivity contribution < 1.29 is 18.5 Å². The van der Waals surface area contributed by atoms with E-state index in [1.165, 1.54) is 0 Å². The van der Waals surface area contributed by atoms with E-state index in [1.54, 1.807) is 0 Å². The van der Waals surface area contributed by atoms with Crippen molar-refractivity contribution in [1.29, 1.82) is 0 Å². The molecule has 0 heterocycles. The van der Waals surface area contributed by atoms with Gasteiger partial charge >= 0.3 is 7.82 Å². The van der Waals surface area contributed by atoms with Crippen LogP contribution in [0, 0.1) is 0 Å². The molecule has 1 N–H and O–H groups in total. The van der Waals surface area contributed by atoms with Gasteiger partial charge in [-0.2, -0.15) is 0 Å². The molecule has 0 saturated heterocycles. The minimum atomic E-state index is -4.03. The van der Waals surface area contributed by atoms with Crippen molar-refractivity contribution in [3.05, 3.63) is 0 Å². The van der Waals surface area contributed by atoms with Crippen LogP contribution in [0.25, 0.3) is 0 Å². The van der Waals surface area contributed by atoms with E-state index in [1.807, 2.05) is 27.7 Å². The predicted molar refractivity (Wildman–Crippen MR) is 88.4 cm³/mol. The van der Waals surface area contributed by atoms with Gasteiger partial charge in [-0.25, -0.2) is 4.57 Å². The van der Waals surface area contributed by atoms with Gasteiger partial charge in [0.15, 0.2) is 0 Å². The Morgan fingerprint density at radius 1 is 0.810 bits per heavy atom. The highest BCUT2D eigenvalue weighted by Gasteiger charge is 2.36. The molecule has 0 rings (SSSR count). The van der Waals surface area contributed by atoms with E-state index in [2.05, 4.69) is 13.8 Å². The fourth-order valence-corrected chi connectivity index (χ4v) is 3.80. The second kappa shape index (κ2) is 9.29. The van der Waals surface area contributed by atoms with Crippen molar-refractivity contribution in [1.82, 2.24) is 0 Å². The van der Waals surface area contributed by atoms with Crippen molar-refractivity contribution in [2.75, 3.05) is 0 Å². The van der Waals surface area contributed by atoms with Gasteiger partial charge in [-0.15, -0.1) is 0 Å². The largest absolute Gasteiger partial charge is 0.473 e. The summed E-state index contributed by atoms with van der Waals surface area (Å²) in [7, 11) is -4.03. The maximum absolute atomic E-state index is 12.2. The smallest absolute Gasteiger partial charge is 0.302 e. The zero-order valence-corrected chi connectivity index (χ0v) is 15.7. The quantitative estimate of drug-likeness (QED) is 0.362. The van der Waals surface area contributed by atoms with Gasteiger partial charge < -0.3 is 4.89 Å². The highest BCUT2D eigenvalue weighted by atomic mass is 31.2. The van der Waals surface area contributed by atoms with E-state index in [9.17, 15) is 9.46 Å². The number of phosphoric acid groups is 1. The fraction of sp³-hybridized carbons (Fsp3) is 1.00. The lowest BCUT2D eigenvalue weighted by atomic mass is 10.0. The molecule has 5 heteroatoms. The first-order chi connectivity index (χ1) is 9.54. The molecule has 0 aliphatic heterocycles. The maximum Gasteiger partial charge on any atom is 0.473 e. The van der Waals surface area contributed by atoms with Crippen LogP contribution < -0.4 is 0 Å². The number of hydrogen-bond acceptors (Lipinski definition) is 3. The van der Waals surface area contributed by atoms with Crippen LogP contribution in [0.4, 0.5) is 0 Å². The molecule has 0 aliphatic carbocycles. The molecule has 0 aromatic rings. The van der Waals surface area contributed by atoms with Gasteiger partial charge in [-0.05, 0) is 40.5 Å². The van der Waals surface area contributed by atoms with Crippen LogP contribution in [0.2, 0.25) is 0 Å². The Balaban J connectivity index is 4.42. The molecule has 0 aliphatic rings. The minimum Gasteiger partial charge on any atom is -0.302 e. The number of phosphoric ester groups is 1. The molecule has 0 bridgehead atoms. The third-order valence-corrected chi connectivity index (χ3v) is 4.94. The minimum absolute atomic E-state index is 0.640. The Morgan fingerprint density at radius 2 is 1.14 bits per heavy atom. The summed E-state index contributed by atoms with van der Waals surface area (Å²) in [6, 6.07) is 0. The first-order valence-corrected chi connectivity index (χ1v) is 9.77. The average Bonchev–Trinajstić information content (AvgIpc) is 2.25. The first kappa shape index (κ1) is 21.1. The molecule has 0 atom stereocenters. The van der Waals surface area contributed by atoms with E-state index in [0.717, 1.165) is 51.4 Å². The molecule has 0 saturated carbocycles. The molecular weight excluding hydrogens is 287 g/mol. The highest BCUT2D eigenvalue weighted by molar-refractivity contribution is 7.47. The van der Waals surface area contributed by atoms with Gasteiger partial charge in [0.2, 0.25) is 0 Å². The van der Waals surface area contributed by atoms with Crippen molar-refractivity contribution >= 4 is 7.82 Å². The van der Waals surface area contributed by atoms with E-state index >= 15 is 0 Å². The Bertz CT molecular complexity index is 298. The molecule has 21 heavy (non-hydrogen) atoms. The van der Waals surface area contributed by atoms with Crippen molar-refractivity contribution in [3.8, 4) is 0 Å². The summed E-state index contributed by atoms with van der Waals surface area (Å²) >= 11 is 0. The van der Waals surface area contributed by atoms with Crippen molar-refractivity contribution in [3.63, 3.8) is 0 Å². The molecule has 0 spiro atoms. The summed E-state index contributed by atoms with van der Waals surface area (Å²) in [6.07, 6.45) is 7.93. The second-order valence-electron chi connectivity index (χ2n) is 7.08. The summed E-state index contributed by atoms with van der Waals surface area (Å²) in [5, 5.41) is 0. The van der Waals surface area contributed by atoms with E-state index in [0.29, 0.717) is 0 Å². The summed E-state index contributed by atoms with van der Waals surface area (Å²) in [4.78, 5) is 10.0. The monoisotopic (exact) mass is 322 g/mol. The number of rotatable bonds is 12. The van der Waals surface area contributed by atoms with Gasteiger partial charge in [0.05, 0.1) is 11.2 Å². The lowest BCUT2D eigenvalue weighted by Crippen LogP contribution is -2.28.